The number of alkyl halides is 1. The number of pyridine rings is 1. The van der Waals surface area contributed by atoms with Crippen LogP contribution in [0.15, 0.2) is 17.4 Å². The number of nitrogens with zero attached hydrogens (tertiary/aromatic N) is 2. The third-order valence-corrected chi connectivity index (χ3v) is 1.95. The van der Waals surface area contributed by atoms with Crippen molar-refractivity contribution in [3.63, 3.8) is 0 Å². The second-order valence-corrected chi connectivity index (χ2v) is 2.75. The highest BCUT2D eigenvalue weighted by Gasteiger charge is 1.99. The first-order chi connectivity index (χ1) is 5.27. The van der Waals surface area contributed by atoms with Gasteiger partial charge in [0.2, 0.25) is 0 Å². The Morgan fingerprint density at radius 1 is 1.73 bits per heavy atom. The van der Waals surface area contributed by atoms with Crippen LogP contribution in [-0.4, -0.2) is 4.98 Å². The van der Waals surface area contributed by atoms with Crippen molar-refractivity contribution in [2.75, 3.05) is 0 Å². The number of hydrogen-bond acceptors (Lipinski definition) is 3. The second-order valence-electron chi connectivity index (χ2n) is 2.19. The Labute approximate surface area is 72.9 Å². The highest BCUT2D eigenvalue weighted by atomic mass is 79.9. The van der Waals surface area contributed by atoms with E-state index in [1.807, 2.05) is 13.0 Å². The molecule has 0 amide bonds. The van der Waals surface area contributed by atoms with Crippen LogP contribution in [-0.2, 0) is 5.33 Å². The maximum absolute atomic E-state index is 10.1. The van der Waals surface area contributed by atoms with Crippen LogP contribution in [0, 0.1) is 11.8 Å². The van der Waals surface area contributed by atoms with E-state index in [1.54, 1.807) is 0 Å². The molecule has 1 aromatic rings. The fourth-order valence-electron chi connectivity index (χ4n) is 0.776. The fourth-order valence-corrected chi connectivity index (χ4v) is 1.08. The smallest absolute Gasteiger partial charge is 0.129 e. The van der Waals surface area contributed by atoms with E-state index < -0.39 is 0 Å². The molecule has 1 aromatic heterocycles. The summed E-state index contributed by atoms with van der Waals surface area (Å²) in [7, 11) is 0. The molecule has 0 atom stereocenters. The molecule has 1 heterocycles. The van der Waals surface area contributed by atoms with Gasteiger partial charge in [-0.2, -0.15) is 0 Å². The summed E-state index contributed by atoms with van der Waals surface area (Å²) in [4.78, 5) is 14.1. The monoisotopic (exact) mass is 214 g/mol. The highest BCUT2D eigenvalue weighted by Crippen LogP contribution is 2.17. The minimum atomic E-state index is 0.412. The summed E-state index contributed by atoms with van der Waals surface area (Å²) in [5, 5.41) is 3.52. The van der Waals surface area contributed by atoms with E-state index in [2.05, 4.69) is 26.1 Å². The molecule has 0 aliphatic carbocycles. The maximum atomic E-state index is 10.1. The SMILES string of the molecule is Cc1cc(CBr)ncc1N=O. The van der Waals surface area contributed by atoms with Crippen molar-refractivity contribution >= 4 is 21.6 Å². The Balaban J connectivity index is 3.09. The normalized spacial score (nSPS) is 9.64. The molecule has 1 rings (SSSR count). The fraction of sp³-hybridized carbons (Fsp3) is 0.286. The zero-order valence-corrected chi connectivity index (χ0v) is 7.63. The van der Waals surface area contributed by atoms with Crippen LogP contribution in [0.25, 0.3) is 0 Å². The van der Waals surface area contributed by atoms with Crippen molar-refractivity contribution in [3.05, 3.63) is 28.4 Å². The molecule has 0 saturated heterocycles. The van der Waals surface area contributed by atoms with Gasteiger partial charge in [-0.25, -0.2) is 0 Å². The van der Waals surface area contributed by atoms with Crippen LogP contribution in [0.5, 0.6) is 0 Å². The van der Waals surface area contributed by atoms with Gasteiger partial charge in [-0.1, -0.05) is 15.9 Å². The topological polar surface area (TPSA) is 42.3 Å². The summed E-state index contributed by atoms with van der Waals surface area (Å²) in [6, 6.07) is 1.84. The first-order valence-corrected chi connectivity index (χ1v) is 4.25. The molecule has 0 fully saturated rings. The lowest BCUT2D eigenvalue weighted by Gasteiger charge is -1.97. The number of aromatic nitrogens is 1. The number of rotatable bonds is 2. The molecule has 0 radical (unpaired) electrons. The van der Waals surface area contributed by atoms with Gasteiger partial charge < -0.3 is 0 Å². The molecule has 0 N–H and O–H groups in total. The van der Waals surface area contributed by atoms with E-state index in [0.717, 1.165) is 11.3 Å². The molecule has 3 nitrogen and oxygen atoms in total. The molecule has 0 aromatic carbocycles. The molecule has 0 unspecified atom stereocenters. The predicted octanol–water partition coefficient (Wildman–Crippen LogP) is 2.68. The lowest BCUT2D eigenvalue weighted by molar-refractivity contribution is 1.15. The quantitative estimate of drug-likeness (QED) is 0.562. The van der Waals surface area contributed by atoms with Crippen LogP contribution < -0.4 is 0 Å². The molecule has 58 valence electrons. The van der Waals surface area contributed by atoms with Crippen LogP contribution >= 0.6 is 15.9 Å². The van der Waals surface area contributed by atoms with Crippen molar-refractivity contribution in [2.45, 2.75) is 12.3 Å². The average molecular weight is 215 g/mol. The zero-order chi connectivity index (χ0) is 8.27. The molecule has 0 aliphatic rings. The molecule has 0 bridgehead atoms. The lowest BCUT2D eigenvalue weighted by atomic mass is 10.2. The van der Waals surface area contributed by atoms with Crippen molar-refractivity contribution in [1.82, 2.24) is 4.98 Å². The van der Waals surface area contributed by atoms with E-state index in [0.29, 0.717) is 11.0 Å². The Morgan fingerprint density at radius 3 is 2.91 bits per heavy atom. The minimum absolute atomic E-state index is 0.412. The van der Waals surface area contributed by atoms with Gasteiger partial charge in [-0.05, 0) is 23.7 Å². The van der Waals surface area contributed by atoms with Crippen LogP contribution in [0.4, 0.5) is 5.69 Å². The molecule has 0 spiro atoms. The molecule has 0 aliphatic heterocycles. The summed E-state index contributed by atoms with van der Waals surface area (Å²) in [5.41, 5.74) is 2.19. The standard InChI is InChI=1S/C7H7BrN2O/c1-5-2-6(3-8)9-4-7(5)10-11/h2,4H,3H2,1H3. The van der Waals surface area contributed by atoms with Crippen molar-refractivity contribution < 1.29 is 0 Å². The van der Waals surface area contributed by atoms with Crippen molar-refractivity contribution in [2.24, 2.45) is 5.18 Å². The van der Waals surface area contributed by atoms with Crippen molar-refractivity contribution in [3.8, 4) is 0 Å². The summed E-state index contributed by atoms with van der Waals surface area (Å²) in [6.45, 7) is 1.84. The van der Waals surface area contributed by atoms with Gasteiger partial charge in [0.15, 0.2) is 0 Å². The Hall–Kier alpha value is -0.770. The number of nitroso groups, excluding NO2 is 1. The molecular formula is C7H7BrN2O. The third-order valence-electron chi connectivity index (χ3n) is 1.38. The Bertz CT molecular complexity index is 275. The van der Waals surface area contributed by atoms with Gasteiger partial charge in [0.1, 0.15) is 5.69 Å². The summed E-state index contributed by atoms with van der Waals surface area (Å²) in [6.07, 6.45) is 1.49. The minimum Gasteiger partial charge on any atom is -0.258 e. The summed E-state index contributed by atoms with van der Waals surface area (Å²) < 4.78 is 0. The lowest BCUT2D eigenvalue weighted by Crippen LogP contribution is -1.85. The van der Waals surface area contributed by atoms with Crippen molar-refractivity contribution in [1.29, 1.82) is 0 Å². The second kappa shape index (κ2) is 3.57. The highest BCUT2D eigenvalue weighted by molar-refractivity contribution is 9.08. The van der Waals surface area contributed by atoms with E-state index in [-0.39, 0.29) is 0 Å². The maximum Gasteiger partial charge on any atom is 0.129 e. The predicted molar refractivity (Wildman–Crippen MR) is 47.1 cm³/mol. The van der Waals surface area contributed by atoms with E-state index in [1.165, 1.54) is 6.20 Å². The zero-order valence-electron chi connectivity index (χ0n) is 6.04. The van der Waals surface area contributed by atoms with Crippen LogP contribution in [0.1, 0.15) is 11.3 Å². The van der Waals surface area contributed by atoms with E-state index in [4.69, 9.17) is 0 Å². The average Bonchev–Trinajstić information content (AvgIpc) is 2.04. The van der Waals surface area contributed by atoms with Gasteiger partial charge in [-0.3, -0.25) is 4.98 Å². The molecule has 4 heteroatoms. The van der Waals surface area contributed by atoms with E-state index >= 15 is 0 Å². The summed E-state index contributed by atoms with van der Waals surface area (Å²) >= 11 is 3.27. The molecule has 0 saturated carbocycles. The number of aryl methyl sites for hydroxylation is 1. The van der Waals surface area contributed by atoms with Gasteiger partial charge >= 0.3 is 0 Å². The van der Waals surface area contributed by atoms with Gasteiger partial charge in [-0.15, -0.1) is 4.91 Å². The molecular weight excluding hydrogens is 208 g/mol. The first kappa shape index (κ1) is 8.33. The Morgan fingerprint density at radius 2 is 2.45 bits per heavy atom. The largest absolute Gasteiger partial charge is 0.258 e. The number of halogens is 1. The third kappa shape index (κ3) is 1.83. The van der Waals surface area contributed by atoms with Crippen LogP contribution in [0.3, 0.4) is 0 Å². The van der Waals surface area contributed by atoms with Gasteiger partial charge in [0.25, 0.3) is 0 Å². The molecule has 11 heavy (non-hydrogen) atoms. The Kier molecular flexibility index (Phi) is 2.70. The first-order valence-electron chi connectivity index (χ1n) is 3.12. The van der Waals surface area contributed by atoms with Crippen LogP contribution in [0.2, 0.25) is 0 Å². The van der Waals surface area contributed by atoms with E-state index in [9.17, 15) is 4.91 Å². The van der Waals surface area contributed by atoms with Gasteiger partial charge in [0.05, 0.1) is 11.9 Å². The summed E-state index contributed by atoms with van der Waals surface area (Å²) in [5.74, 6) is 0. The number of hydrogen-bond donors (Lipinski definition) is 0. The van der Waals surface area contributed by atoms with Gasteiger partial charge in [0, 0.05) is 5.33 Å².